The molecule has 33 heavy (non-hydrogen) atoms. The standard InChI is InChI=1S/C20H25N3O2S.C2HF3O2/c24-19(18-4-2-12-26-18)23-8-5-20(6-9-23)15-22(10-11-25-16-20)14-17-3-1-7-21-13-17;3-2(4,5)1(6)7/h1-4,7,12-13H,5-6,8-11,14-16H2;(H,6,7). The number of ether oxygens (including phenoxy) is 1. The number of piperidine rings is 1. The summed E-state index contributed by atoms with van der Waals surface area (Å²) >= 11 is 1.53. The molecule has 1 N–H and O–H groups in total. The van der Waals surface area contributed by atoms with Crippen LogP contribution in [0.15, 0.2) is 42.0 Å². The van der Waals surface area contributed by atoms with Crippen molar-refractivity contribution < 1.29 is 32.6 Å². The van der Waals surface area contributed by atoms with Crippen molar-refractivity contribution in [2.24, 2.45) is 5.41 Å². The highest BCUT2D eigenvalue weighted by Gasteiger charge is 2.39. The van der Waals surface area contributed by atoms with Crippen molar-refractivity contribution in [1.29, 1.82) is 0 Å². The molecule has 7 nitrogen and oxygen atoms in total. The van der Waals surface area contributed by atoms with Crippen LogP contribution in [0, 0.1) is 5.41 Å². The highest BCUT2D eigenvalue weighted by atomic mass is 32.1. The lowest BCUT2D eigenvalue weighted by Crippen LogP contribution is -2.48. The lowest BCUT2D eigenvalue weighted by molar-refractivity contribution is -0.192. The molecule has 0 aliphatic carbocycles. The molecule has 1 amide bonds. The van der Waals surface area contributed by atoms with E-state index in [1.54, 1.807) is 0 Å². The summed E-state index contributed by atoms with van der Waals surface area (Å²) in [5, 5.41) is 9.09. The predicted octanol–water partition coefficient (Wildman–Crippen LogP) is 3.53. The van der Waals surface area contributed by atoms with E-state index in [2.05, 4.69) is 16.0 Å². The van der Waals surface area contributed by atoms with Gasteiger partial charge in [-0.2, -0.15) is 13.2 Å². The van der Waals surface area contributed by atoms with Gasteiger partial charge in [0.2, 0.25) is 0 Å². The topological polar surface area (TPSA) is 83.0 Å². The molecule has 1 spiro atoms. The minimum absolute atomic E-state index is 0.158. The summed E-state index contributed by atoms with van der Waals surface area (Å²) in [4.78, 5) is 31.1. The number of pyridine rings is 1. The summed E-state index contributed by atoms with van der Waals surface area (Å²) in [5.41, 5.74) is 1.40. The van der Waals surface area contributed by atoms with Crippen molar-refractivity contribution in [3.8, 4) is 0 Å². The van der Waals surface area contributed by atoms with Gasteiger partial charge in [-0.15, -0.1) is 11.3 Å². The van der Waals surface area contributed by atoms with E-state index in [1.807, 2.05) is 40.9 Å². The Morgan fingerprint density at radius 3 is 2.48 bits per heavy atom. The van der Waals surface area contributed by atoms with Gasteiger partial charge < -0.3 is 14.7 Å². The van der Waals surface area contributed by atoms with Crippen molar-refractivity contribution in [3.05, 3.63) is 52.5 Å². The molecule has 11 heteroatoms. The summed E-state index contributed by atoms with van der Waals surface area (Å²) in [6.07, 6.45) is 0.693. The summed E-state index contributed by atoms with van der Waals surface area (Å²) in [6, 6.07) is 7.99. The van der Waals surface area contributed by atoms with E-state index in [9.17, 15) is 18.0 Å². The molecule has 2 aliphatic rings. The van der Waals surface area contributed by atoms with Crippen LogP contribution >= 0.6 is 11.3 Å². The number of carbonyl (C=O) groups is 2. The van der Waals surface area contributed by atoms with Crippen LogP contribution in [0.5, 0.6) is 0 Å². The van der Waals surface area contributed by atoms with Gasteiger partial charge in [0.25, 0.3) is 5.91 Å². The summed E-state index contributed by atoms with van der Waals surface area (Å²) in [5.74, 6) is -2.58. The molecule has 4 rings (SSSR count). The van der Waals surface area contributed by atoms with E-state index in [0.717, 1.165) is 63.7 Å². The fourth-order valence-corrected chi connectivity index (χ4v) is 4.70. The van der Waals surface area contributed by atoms with Gasteiger partial charge in [0, 0.05) is 50.5 Å². The van der Waals surface area contributed by atoms with Gasteiger partial charge in [-0.25, -0.2) is 4.79 Å². The van der Waals surface area contributed by atoms with Crippen LogP contribution in [-0.4, -0.2) is 77.3 Å². The smallest absolute Gasteiger partial charge is 0.475 e. The van der Waals surface area contributed by atoms with Crippen LogP contribution in [0.2, 0.25) is 0 Å². The first-order valence-corrected chi connectivity index (χ1v) is 11.4. The fourth-order valence-electron chi connectivity index (χ4n) is 4.01. The zero-order valence-corrected chi connectivity index (χ0v) is 18.8. The minimum atomic E-state index is -5.08. The molecule has 0 radical (unpaired) electrons. The molecule has 0 bridgehead atoms. The third-order valence-electron chi connectivity index (χ3n) is 5.73. The average Bonchev–Trinajstić information content (AvgIpc) is 3.25. The number of amides is 1. The van der Waals surface area contributed by atoms with Gasteiger partial charge >= 0.3 is 12.1 Å². The van der Waals surface area contributed by atoms with Crippen molar-refractivity contribution in [3.63, 3.8) is 0 Å². The first-order chi connectivity index (χ1) is 15.7. The van der Waals surface area contributed by atoms with Crippen LogP contribution < -0.4 is 0 Å². The summed E-state index contributed by atoms with van der Waals surface area (Å²) < 4.78 is 37.7. The Labute approximate surface area is 193 Å². The Morgan fingerprint density at radius 2 is 1.91 bits per heavy atom. The number of carboxylic acid groups (broad SMARTS) is 1. The molecule has 0 aromatic carbocycles. The third kappa shape index (κ3) is 7.24. The first kappa shape index (κ1) is 25.1. The molecule has 0 unspecified atom stereocenters. The van der Waals surface area contributed by atoms with E-state index in [0.29, 0.717) is 0 Å². The number of rotatable bonds is 3. The van der Waals surface area contributed by atoms with Crippen LogP contribution in [0.4, 0.5) is 13.2 Å². The Bertz CT molecular complexity index is 901. The van der Waals surface area contributed by atoms with E-state index < -0.39 is 12.1 Å². The van der Waals surface area contributed by atoms with Gasteiger partial charge in [0.1, 0.15) is 0 Å². The molecular weight excluding hydrogens is 459 g/mol. The maximum absolute atomic E-state index is 12.6. The van der Waals surface area contributed by atoms with E-state index in [4.69, 9.17) is 14.6 Å². The number of thiophene rings is 1. The normalized spacial score (nSPS) is 18.8. The average molecular weight is 486 g/mol. The van der Waals surface area contributed by atoms with Gasteiger partial charge in [0.05, 0.1) is 18.1 Å². The largest absolute Gasteiger partial charge is 0.490 e. The second-order valence-corrected chi connectivity index (χ2v) is 9.14. The molecule has 0 saturated carbocycles. The number of nitrogens with zero attached hydrogens (tertiary/aromatic N) is 3. The number of carbonyl (C=O) groups excluding carboxylic acids is 1. The maximum Gasteiger partial charge on any atom is 0.490 e. The Balaban J connectivity index is 0.000000383. The van der Waals surface area contributed by atoms with Crippen molar-refractivity contribution in [2.75, 3.05) is 39.4 Å². The third-order valence-corrected chi connectivity index (χ3v) is 6.59. The molecule has 2 fully saturated rings. The van der Waals surface area contributed by atoms with Gasteiger partial charge in [-0.3, -0.25) is 14.7 Å². The second kappa shape index (κ2) is 11.1. The molecule has 2 aromatic heterocycles. The number of aliphatic carboxylic acids is 1. The second-order valence-electron chi connectivity index (χ2n) is 8.20. The molecule has 0 atom stereocenters. The molecule has 2 saturated heterocycles. The van der Waals surface area contributed by atoms with Crippen LogP contribution in [0.25, 0.3) is 0 Å². The Kier molecular flexibility index (Phi) is 8.44. The molecule has 2 aliphatic heterocycles. The number of likely N-dealkylation sites (tertiary alicyclic amines) is 1. The molecule has 2 aromatic rings. The molecular formula is C22H26F3N3O4S. The maximum atomic E-state index is 12.6. The zero-order valence-electron chi connectivity index (χ0n) is 18.0. The fraction of sp³-hybridized carbons (Fsp3) is 0.500. The minimum Gasteiger partial charge on any atom is -0.475 e. The van der Waals surface area contributed by atoms with E-state index >= 15 is 0 Å². The molecule has 180 valence electrons. The van der Waals surface area contributed by atoms with Crippen LogP contribution in [0.3, 0.4) is 0 Å². The van der Waals surface area contributed by atoms with Crippen molar-refractivity contribution >= 4 is 23.2 Å². The lowest BCUT2D eigenvalue weighted by Gasteiger charge is -2.42. The summed E-state index contributed by atoms with van der Waals surface area (Å²) in [6.45, 7) is 6.12. The first-order valence-electron chi connectivity index (χ1n) is 10.5. The predicted molar refractivity (Wildman–Crippen MR) is 116 cm³/mol. The number of hydrogen-bond donors (Lipinski definition) is 1. The monoisotopic (exact) mass is 485 g/mol. The number of hydrogen-bond acceptors (Lipinski definition) is 6. The van der Waals surface area contributed by atoms with Crippen molar-refractivity contribution in [2.45, 2.75) is 25.6 Å². The number of carboxylic acids is 1. The van der Waals surface area contributed by atoms with Crippen molar-refractivity contribution in [1.82, 2.24) is 14.8 Å². The highest BCUT2D eigenvalue weighted by Crippen LogP contribution is 2.35. The van der Waals surface area contributed by atoms with Crippen LogP contribution in [0.1, 0.15) is 28.1 Å². The van der Waals surface area contributed by atoms with Gasteiger partial charge in [0.15, 0.2) is 0 Å². The zero-order chi connectivity index (χ0) is 23.9. The number of halogens is 3. The SMILES string of the molecule is O=C(O)C(F)(F)F.O=C(c1cccs1)N1CCC2(CC1)COCCN(Cc1cccnc1)C2. The van der Waals surface area contributed by atoms with Gasteiger partial charge in [-0.1, -0.05) is 12.1 Å². The van der Waals surface area contributed by atoms with Gasteiger partial charge in [-0.05, 0) is 35.9 Å². The number of aromatic nitrogens is 1. The van der Waals surface area contributed by atoms with E-state index in [-0.39, 0.29) is 11.3 Å². The number of alkyl halides is 3. The lowest BCUT2D eigenvalue weighted by atomic mass is 9.78. The Hall–Kier alpha value is -2.50. The van der Waals surface area contributed by atoms with Crippen LogP contribution in [-0.2, 0) is 16.1 Å². The van der Waals surface area contributed by atoms with E-state index in [1.165, 1.54) is 16.9 Å². The Morgan fingerprint density at radius 1 is 1.18 bits per heavy atom. The highest BCUT2D eigenvalue weighted by molar-refractivity contribution is 7.12. The molecule has 4 heterocycles. The quantitative estimate of drug-likeness (QED) is 0.716. The summed E-state index contributed by atoms with van der Waals surface area (Å²) in [7, 11) is 0.